The van der Waals surface area contributed by atoms with Crippen molar-refractivity contribution in [2.24, 2.45) is 0 Å². The van der Waals surface area contributed by atoms with E-state index < -0.39 is 5.97 Å². The molecule has 5 heteroatoms. The predicted octanol–water partition coefficient (Wildman–Crippen LogP) is 3.35. The number of hydrogen-bond acceptors (Lipinski definition) is 3. The first kappa shape index (κ1) is 15.5. The summed E-state index contributed by atoms with van der Waals surface area (Å²) in [7, 11) is 2.96. The van der Waals surface area contributed by atoms with Crippen molar-refractivity contribution in [3.63, 3.8) is 0 Å². The fourth-order valence-electron chi connectivity index (χ4n) is 1.94. The van der Waals surface area contributed by atoms with Crippen LogP contribution in [0.2, 0.25) is 0 Å². The maximum absolute atomic E-state index is 12.5. The van der Waals surface area contributed by atoms with Gasteiger partial charge in [-0.05, 0) is 59.0 Å². The quantitative estimate of drug-likeness (QED) is 0.592. The first-order chi connectivity index (χ1) is 10.0. The molecule has 2 aromatic carbocycles. The molecule has 0 unspecified atom stereocenters. The lowest BCUT2D eigenvalue weighted by atomic mass is 10.1. The van der Waals surface area contributed by atoms with E-state index in [2.05, 4.69) is 22.6 Å². The van der Waals surface area contributed by atoms with Crippen LogP contribution in [0.4, 0.5) is 5.69 Å². The second-order valence-corrected chi connectivity index (χ2v) is 5.63. The monoisotopic (exact) mass is 395 g/mol. The lowest BCUT2D eigenvalue weighted by Gasteiger charge is -2.20. The van der Waals surface area contributed by atoms with Gasteiger partial charge in [0.1, 0.15) is 0 Å². The number of carbonyl (C=O) groups excluding carboxylic acids is 2. The van der Waals surface area contributed by atoms with Gasteiger partial charge in [-0.2, -0.15) is 0 Å². The Morgan fingerprint density at radius 2 is 1.67 bits per heavy atom. The molecule has 0 heterocycles. The molecule has 2 aromatic rings. The van der Waals surface area contributed by atoms with Gasteiger partial charge in [0.2, 0.25) is 0 Å². The number of amides is 1. The van der Waals surface area contributed by atoms with E-state index in [4.69, 9.17) is 4.74 Å². The van der Waals surface area contributed by atoms with Crippen LogP contribution in [-0.2, 0) is 4.74 Å². The number of halogens is 1. The first-order valence-electron chi connectivity index (χ1n) is 6.25. The molecule has 0 N–H and O–H groups in total. The summed E-state index contributed by atoms with van der Waals surface area (Å²) in [5.74, 6) is -0.643. The van der Waals surface area contributed by atoms with Crippen LogP contribution in [0.3, 0.4) is 0 Å². The van der Waals surface area contributed by atoms with Crippen molar-refractivity contribution in [1.29, 1.82) is 0 Å². The van der Waals surface area contributed by atoms with Crippen molar-refractivity contribution < 1.29 is 14.3 Å². The molecule has 0 saturated carbocycles. The van der Waals surface area contributed by atoms with Gasteiger partial charge in [0, 0.05) is 16.2 Å². The van der Waals surface area contributed by atoms with E-state index in [9.17, 15) is 9.59 Å². The Morgan fingerprint density at radius 1 is 1.05 bits per heavy atom. The predicted molar refractivity (Wildman–Crippen MR) is 89.7 cm³/mol. The Balaban J connectivity index is 2.36. The molecule has 0 aliphatic rings. The van der Waals surface area contributed by atoms with Crippen LogP contribution in [0.25, 0.3) is 0 Å². The average Bonchev–Trinajstić information content (AvgIpc) is 2.53. The first-order valence-corrected chi connectivity index (χ1v) is 7.33. The van der Waals surface area contributed by atoms with Crippen molar-refractivity contribution >= 4 is 40.2 Å². The minimum atomic E-state index is -0.465. The van der Waals surface area contributed by atoms with E-state index in [1.807, 2.05) is 12.1 Å². The van der Waals surface area contributed by atoms with Gasteiger partial charge in [0.05, 0.1) is 18.4 Å². The second-order valence-electron chi connectivity index (χ2n) is 4.38. The molecule has 0 bridgehead atoms. The molecule has 0 aliphatic carbocycles. The Bertz CT molecular complexity index is 667. The van der Waals surface area contributed by atoms with E-state index in [1.165, 1.54) is 12.0 Å². The molecule has 4 nitrogen and oxygen atoms in total. The topological polar surface area (TPSA) is 46.6 Å². The summed E-state index contributed by atoms with van der Waals surface area (Å²) < 4.78 is 5.81. The highest BCUT2D eigenvalue weighted by Gasteiger charge is 2.19. The molecular weight excluding hydrogens is 381 g/mol. The number of ether oxygens (including phenoxy) is 1. The molecule has 108 valence electrons. The van der Waals surface area contributed by atoms with Crippen molar-refractivity contribution in [3.05, 3.63) is 63.2 Å². The highest BCUT2D eigenvalue weighted by molar-refractivity contribution is 14.1. The van der Waals surface area contributed by atoms with Gasteiger partial charge in [-0.25, -0.2) is 4.79 Å². The zero-order valence-electron chi connectivity index (χ0n) is 11.7. The van der Waals surface area contributed by atoms with Gasteiger partial charge in [-0.1, -0.05) is 12.1 Å². The van der Waals surface area contributed by atoms with Gasteiger partial charge >= 0.3 is 5.97 Å². The molecule has 0 radical (unpaired) electrons. The molecule has 2 rings (SSSR count). The SMILES string of the molecule is COC(=O)c1ccccc1N(C)C(=O)c1ccc(I)cc1. The third-order valence-electron chi connectivity index (χ3n) is 3.07. The number of benzene rings is 2. The molecule has 0 spiro atoms. The van der Waals surface area contributed by atoms with Gasteiger partial charge in [-0.3, -0.25) is 4.79 Å². The van der Waals surface area contributed by atoms with Crippen LogP contribution in [-0.4, -0.2) is 26.0 Å². The van der Waals surface area contributed by atoms with E-state index in [1.54, 1.807) is 43.4 Å². The number of nitrogens with zero attached hydrogens (tertiary/aromatic N) is 1. The minimum Gasteiger partial charge on any atom is -0.465 e. The van der Waals surface area contributed by atoms with Crippen molar-refractivity contribution in [2.75, 3.05) is 19.1 Å². The average molecular weight is 395 g/mol. The molecule has 1 amide bonds. The molecule has 0 atom stereocenters. The third kappa shape index (κ3) is 3.41. The van der Waals surface area contributed by atoms with Crippen LogP contribution in [0.15, 0.2) is 48.5 Å². The molecule has 0 fully saturated rings. The van der Waals surface area contributed by atoms with Crippen LogP contribution in [0.5, 0.6) is 0 Å². The number of hydrogen-bond donors (Lipinski definition) is 0. The molecule has 0 aliphatic heterocycles. The summed E-state index contributed by atoms with van der Waals surface area (Å²) in [6.07, 6.45) is 0. The van der Waals surface area contributed by atoms with E-state index in [0.717, 1.165) is 3.57 Å². The van der Waals surface area contributed by atoms with E-state index in [-0.39, 0.29) is 5.91 Å². The van der Waals surface area contributed by atoms with Crippen LogP contribution in [0, 0.1) is 3.57 Å². The van der Waals surface area contributed by atoms with Gasteiger partial charge in [0.15, 0.2) is 0 Å². The zero-order chi connectivity index (χ0) is 15.4. The molecular formula is C16H14INO3. The van der Waals surface area contributed by atoms with Crippen LogP contribution < -0.4 is 4.90 Å². The summed E-state index contributed by atoms with van der Waals surface area (Å²) >= 11 is 2.18. The normalized spacial score (nSPS) is 10.0. The van der Waals surface area contributed by atoms with Crippen LogP contribution >= 0.6 is 22.6 Å². The Morgan fingerprint density at radius 3 is 2.29 bits per heavy atom. The van der Waals surface area contributed by atoms with Gasteiger partial charge < -0.3 is 9.64 Å². The second kappa shape index (κ2) is 6.71. The fraction of sp³-hybridized carbons (Fsp3) is 0.125. The van der Waals surface area contributed by atoms with Crippen molar-refractivity contribution in [1.82, 2.24) is 0 Å². The summed E-state index contributed by atoms with van der Waals surface area (Å²) in [6.45, 7) is 0. The molecule has 0 aromatic heterocycles. The number of para-hydroxylation sites is 1. The van der Waals surface area contributed by atoms with Gasteiger partial charge in [-0.15, -0.1) is 0 Å². The molecule has 0 saturated heterocycles. The zero-order valence-corrected chi connectivity index (χ0v) is 13.8. The minimum absolute atomic E-state index is 0.178. The maximum Gasteiger partial charge on any atom is 0.339 e. The highest BCUT2D eigenvalue weighted by atomic mass is 127. The Labute approximate surface area is 136 Å². The van der Waals surface area contributed by atoms with Crippen molar-refractivity contribution in [3.8, 4) is 0 Å². The smallest absolute Gasteiger partial charge is 0.339 e. The highest BCUT2D eigenvalue weighted by Crippen LogP contribution is 2.22. The maximum atomic E-state index is 12.5. The summed E-state index contributed by atoms with van der Waals surface area (Å²) in [6, 6.07) is 14.1. The number of carbonyl (C=O) groups is 2. The Kier molecular flexibility index (Phi) is 4.95. The Hall–Kier alpha value is -1.89. The summed E-state index contributed by atoms with van der Waals surface area (Å²) in [4.78, 5) is 25.7. The number of esters is 1. The number of anilines is 1. The standard InChI is InChI=1S/C16H14INO3/c1-18(15(19)11-7-9-12(17)10-8-11)14-6-4-3-5-13(14)16(20)21-2/h3-10H,1-2H3. The van der Waals surface area contributed by atoms with E-state index >= 15 is 0 Å². The van der Waals surface area contributed by atoms with Gasteiger partial charge in [0.25, 0.3) is 5.91 Å². The largest absolute Gasteiger partial charge is 0.465 e. The summed E-state index contributed by atoms with van der Waals surface area (Å²) in [5, 5.41) is 0. The van der Waals surface area contributed by atoms with Crippen LogP contribution in [0.1, 0.15) is 20.7 Å². The van der Waals surface area contributed by atoms with Crippen molar-refractivity contribution in [2.45, 2.75) is 0 Å². The third-order valence-corrected chi connectivity index (χ3v) is 3.79. The lowest BCUT2D eigenvalue weighted by molar-refractivity contribution is 0.0601. The number of methoxy groups -OCH3 is 1. The fourth-order valence-corrected chi connectivity index (χ4v) is 2.30. The lowest BCUT2D eigenvalue weighted by Crippen LogP contribution is -2.28. The molecule has 21 heavy (non-hydrogen) atoms. The number of rotatable bonds is 3. The van der Waals surface area contributed by atoms with E-state index in [0.29, 0.717) is 16.8 Å². The summed E-state index contributed by atoms with van der Waals surface area (Å²) in [5.41, 5.74) is 1.45.